The number of amides is 1. The molecule has 3 rings (SSSR count). The fourth-order valence-corrected chi connectivity index (χ4v) is 3.06. The minimum absolute atomic E-state index is 0.205. The first-order chi connectivity index (χ1) is 12.0. The summed E-state index contributed by atoms with van der Waals surface area (Å²) in [6, 6.07) is 8.61. The number of nitro groups is 2. The van der Waals surface area contributed by atoms with Crippen LogP contribution < -0.4 is 5.32 Å². The second kappa shape index (κ2) is 6.68. The standard InChI is InChI=1S/C17H15N3O5/c21-17(14-9-8-12(19(22)23)10-16(14)20(24)25)18-15-7-3-5-11-4-1-2-6-13(11)15/h3,5,7-10H,1-2,4,6H2,(H,18,21). The minimum Gasteiger partial charge on any atom is -0.322 e. The molecule has 2 aromatic carbocycles. The summed E-state index contributed by atoms with van der Waals surface area (Å²) in [6.45, 7) is 0. The lowest BCUT2D eigenvalue weighted by atomic mass is 9.90. The van der Waals surface area contributed by atoms with Crippen molar-refractivity contribution in [3.05, 3.63) is 73.3 Å². The normalized spacial score (nSPS) is 13.0. The number of hydrogen-bond donors (Lipinski definition) is 1. The summed E-state index contributed by atoms with van der Waals surface area (Å²) in [6.07, 6.45) is 3.90. The van der Waals surface area contributed by atoms with Crippen molar-refractivity contribution in [2.24, 2.45) is 0 Å². The van der Waals surface area contributed by atoms with Gasteiger partial charge in [0.05, 0.1) is 15.9 Å². The predicted octanol–water partition coefficient (Wildman–Crippen LogP) is 3.63. The van der Waals surface area contributed by atoms with E-state index in [4.69, 9.17) is 0 Å². The van der Waals surface area contributed by atoms with Crippen LogP contribution in [0.15, 0.2) is 36.4 Å². The molecule has 1 aliphatic rings. The lowest BCUT2D eigenvalue weighted by Gasteiger charge is -2.19. The molecule has 0 saturated carbocycles. The van der Waals surface area contributed by atoms with Gasteiger partial charge < -0.3 is 5.32 Å². The molecule has 25 heavy (non-hydrogen) atoms. The van der Waals surface area contributed by atoms with Crippen LogP contribution in [0, 0.1) is 20.2 Å². The quantitative estimate of drug-likeness (QED) is 0.673. The Hall–Kier alpha value is -3.29. The SMILES string of the molecule is O=C(Nc1cccc2c1CCCC2)c1ccc([N+](=O)[O-])cc1[N+](=O)[O-]. The third-order valence-electron chi connectivity index (χ3n) is 4.28. The van der Waals surface area contributed by atoms with Gasteiger partial charge in [-0.15, -0.1) is 0 Å². The molecular formula is C17H15N3O5. The Morgan fingerprint density at radius 3 is 2.48 bits per heavy atom. The molecule has 1 aliphatic carbocycles. The zero-order valence-electron chi connectivity index (χ0n) is 13.2. The smallest absolute Gasteiger partial charge is 0.289 e. The topological polar surface area (TPSA) is 115 Å². The van der Waals surface area contributed by atoms with E-state index in [-0.39, 0.29) is 5.56 Å². The number of hydrogen-bond acceptors (Lipinski definition) is 5. The highest BCUT2D eigenvalue weighted by Gasteiger charge is 2.25. The van der Waals surface area contributed by atoms with Crippen molar-refractivity contribution in [1.29, 1.82) is 0 Å². The van der Waals surface area contributed by atoms with Crippen molar-refractivity contribution in [2.75, 3.05) is 5.32 Å². The monoisotopic (exact) mass is 341 g/mol. The molecule has 2 aromatic rings. The van der Waals surface area contributed by atoms with E-state index in [1.165, 1.54) is 5.56 Å². The summed E-state index contributed by atoms with van der Waals surface area (Å²) in [4.78, 5) is 33.0. The van der Waals surface area contributed by atoms with Crippen LogP contribution in [-0.2, 0) is 12.8 Å². The molecule has 1 amide bonds. The largest absolute Gasteiger partial charge is 0.322 e. The van der Waals surface area contributed by atoms with E-state index in [1.54, 1.807) is 6.07 Å². The van der Waals surface area contributed by atoms with E-state index in [9.17, 15) is 25.0 Å². The molecule has 0 heterocycles. The number of nitro benzene ring substituents is 2. The van der Waals surface area contributed by atoms with Crippen LogP contribution in [-0.4, -0.2) is 15.8 Å². The number of carbonyl (C=O) groups excluding carboxylic acids is 1. The first-order valence-corrected chi connectivity index (χ1v) is 7.82. The van der Waals surface area contributed by atoms with Gasteiger partial charge in [0.2, 0.25) is 0 Å². The highest BCUT2D eigenvalue weighted by atomic mass is 16.6. The molecule has 8 heteroatoms. The molecule has 0 unspecified atom stereocenters. The average Bonchev–Trinajstić information content (AvgIpc) is 2.61. The second-order valence-corrected chi connectivity index (χ2v) is 5.82. The number of anilines is 1. The zero-order chi connectivity index (χ0) is 18.0. The van der Waals surface area contributed by atoms with Crippen LogP contribution >= 0.6 is 0 Å². The molecule has 0 atom stereocenters. The third-order valence-corrected chi connectivity index (χ3v) is 4.28. The summed E-state index contributed by atoms with van der Waals surface area (Å²) < 4.78 is 0. The molecule has 0 aliphatic heterocycles. The molecule has 0 fully saturated rings. The Labute approximate surface area is 142 Å². The van der Waals surface area contributed by atoms with Gasteiger partial charge in [-0.3, -0.25) is 25.0 Å². The number of aryl methyl sites for hydroxylation is 1. The number of nitrogens with zero attached hydrogens (tertiary/aromatic N) is 2. The molecule has 0 aromatic heterocycles. The Balaban J connectivity index is 1.94. The molecule has 0 bridgehead atoms. The van der Waals surface area contributed by atoms with Crippen LogP contribution in [0.2, 0.25) is 0 Å². The Morgan fingerprint density at radius 2 is 1.76 bits per heavy atom. The Bertz CT molecular complexity index is 879. The van der Waals surface area contributed by atoms with Crippen molar-refractivity contribution >= 4 is 23.0 Å². The van der Waals surface area contributed by atoms with Crippen LogP contribution in [0.25, 0.3) is 0 Å². The molecule has 0 saturated heterocycles. The Morgan fingerprint density at radius 1 is 1.00 bits per heavy atom. The van der Waals surface area contributed by atoms with Gasteiger partial charge in [-0.25, -0.2) is 0 Å². The molecule has 0 spiro atoms. The highest BCUT2D eigenvalue weighted by Crippen LogP contribution is 2.30. The number of benzene rings is 2. The van der Waals surface area contributed by atoms with Crippen molar-refractivity contribution in [1.82, 2.24) is 0 Å². The van der Waals surface area contributed by atoms with Crippen LogP contribution in [0.5, 0.6) is 0 Å². The van der Waals surface area contributed by atoms with Gasteiger partial charge in [0.15, 0.2) is 0 Å². The molecule has 8 nitrogen and oxygen atoms in total. The summed E-state index contributed by atoms with van der Waals surface area (Å²) in [5.74, 6) is -0.652. The zero-order valence-corrected chi connectivity index (χ0v) is 13.2. The maximum atomic E-state index is 12.5. The number of rotatable bonds is 4. The van der Waals surface area contributed by atoms with Crippen molar-refractivity contribution in [3.63, 3.8) is 0 Å². The maximum absolute atomic E-state index is 12.5. The fraction of sp³-hybridized carbons (Fsp3) is 0.235. The molecule has 128 valence electrons. The molecule has 0 radical (unpaired) electrons. The van der Waals surface area contributed by atoms with Crippen molar-refractivity contribution in [3.8, 4) is 0 Å². The van der Waals surface area contributed by atoms with Gasteiger partial charge in [-0.05, 0) is 48.9 Å². The fourth-order valence-electron chi connectivity index (χ4n) is 3.06. The van der Waals surface area contributed by atoms with Gasteiger partial charge in [-0.2, -0.15) is 0 Å². The maximum Gasteiger partial charge on any atom is 0.289 e. The summed E-state index contributed by atoms with van der Waals surface area (Å²) in [7, 11) is 0. The van der Waals surface area contributed by atoms with E-state index in [0.717, 1.165) is 49.4 Å². The lowest BCUT2D eigenvalue weighted by molar-refractivity contribution is -0.394. The van der Waals surface area contributed by atoms with Gasteiger partial charge in [-0.1, -0.05) is 12.1 Å². The van der Waals surface area contributed by atoms with Gasteiger partial charge in [0.1, 0.15) is 5.56 Å². The van der Waals surface area contributed by atoms with Crippen LogP contribution in [0.3, 0.4) is 0 Å². The Kier molecular flexibility index (Phi) is 4.42. The highest BCUT2D eigenvalue weighted by molar-refractivity contribution is 6.07. The first-order valence-electron chi connectivity index (χ1n) is 7.82. The van der Waals surface area contributed by atoms with E-state index in [2.05, 4.69) is 5.32 Å². The summed E-state index contributed by atoms with van der Waals surface area (Å²) in [5, 5.41) is 24.7. The molecular weight excluding hydrogens is 326 g/mol. The van der Waals surface area contributed by atoms with Crippen LogP contribution in [0.1, 0.15) is 34.3 Å². The number of carbonyl (C=O) groups is 1. The number of nitrogens with one attached hydrogen (secondary N) is 1. The van der Waals surface area contributed by atoms with E-state index >= 15 is 0 Å². The van der Waals surface area contributed by atoms with E-state index < -0.39 is 27.1 Å². The van der Waals surface area contributed by atoms with E-state index in [1.807, 2.05) is 12.1 Å². The predicted molar refractivity (Wildman–Crippen MR) is 90.8 cm³/mol. The lowest BCUT2D eigenvalue weighted by Crippen LogP contribution is -2.17. The number of fused-ring (bicyclic) bond motifs is 1. The van der Waals surface area contributed by atoms with E-state index in [0.29, 0.717) is 5.69 Å². The molecule has 1 N–H and O–H groups in total. The van der Waals surface area contributed by atoms with Crippen molar-refractivity contribution < 1.29 is 14.6 Å². The second-order valence-electron chi connectivity index (χ2n) is 5.82. The minimum atomic E-state index is -0.789. The summed E-state index contributed by atoms with van der Waals surface area (Å²) in [5.41, 5.74) is 1.63. The van der Waals surface area contributed by atoms with Gasteiger partial charge in [0, 0.05) is 11.8 Å². The first kappa shape index (κ1) is 16.6. The number of non-ortho nitro benzene ring substituents is 1. The third kappa shape index (κ3) is 3.32. The van der Waals surface area contributed by atoms with Gasteiger partial charge >= 0.3 is 0 Å². The summed E-state index contributed by atoms with van der Waals surface area (Å²) >= 11 is 0. The van der Waals surface area contributed by atoms with Crippen LogP contribution in [0.4, 0.5) is 17.1 Å². The average molecular weight is 341 g/mol. The van der Waals surface area contributed by atoms with Gasteiger partial charge in [0.25, 0.3) is 17.3 Å². The van der Waals surface area contributed by atoms with Crippen molar-refractivity contribution in [2.45, 2.75) is 25.7 Å².